The summed E-state index contributed by atoms with van der Waals surface area (Å²) in [6.45, 7) is 6.17. The molecule has 1 saturated heterocycles. The number of piperidine rings is 1. The van der Waals surface area contributed by atoms with E-state index in [4.69, 9.17) is 11.6 Å². The topological polar surface area (TPSA) is 61.9 Å². The van der Waals surface area contributed by atoms with E-state index in [1.54, 1.807) is 12.4 Å². The van der Waals surface area contributed by atoms with E-state index >= 15 is 0 Å². The molecule has 2 aromatic rings. The molecule has 22 heavy (non-hydrogen) atoms. The highest BCUT2D eigenvalue weighted by atomic mass is 35.5. The molecule has 1 aliphatic heterocycles. The molecule has 1 N–H and O–H groups in total. The molecule has 2 unspecified atom stereocenters. The monoisotopic (exact) mass is 318 g/mol. The zero-order chi connectivity index (χ0) is 15.7. The maximum Gasteiger partial charge on any atom is 0.272 e. The summed E-state index contributed by atoms with van der Waals surface area (Å²) in [5, 5.41) is 0.166. The minimum atomic E-state index is -0.302. The molecular formula is C16H19ClN4O. The average molecular weight is 319 g/mol. The van der Waals surface area contributed by atoms with E-state index in [9.17, 15) is 4.79 Å². The molecule has 6 heteroatoms. The van der Waals surface area contributed by atoms with Gasteiger partial charge in [0.25, 0.3) is 5.56 Å². The van der Waals surface area contributed by atoms with Gasteiger partial charge in [-0.15, -0.1) is 0 Å². The molecule has 2 aromatic heterocycles. The van der Waals surface area contributed by atoms with Crippen molar-refractivity contribution >= 4 is 17.4 Å². The number of halogens is 1. The third-order valence-electron chi connectivity index (χ3n) is 3.97. The second-order valence-corrected chi connectivity index (χ2v) is 6.52. The number of anilines is 1. The van der Waals surface area contributed by atoms with Crippen molar-refractivity contribution < 1.29 is 0 Å². The molecule has 2 atom stereocenters. The Morgan fingerprint density at radius 1 is 1.23 bits per heavy atom. The molecule has 0 saturated carbocycles. The molecule has 0 spiro atoms. The van der Waals surface area contributed by atoms with Gasteiger partial charge in [-0.05, 0) is 30.4 Å². The minimum absolute atomic E-state index is 0.166. The van der Waals surface area contributed by atoms with Gasteiger partial charge in [-0.25, -0.2) is 4.98 Å². The van der Waals surface area contributed by atoms with Crippen LogP contribution >= 0.6 is 11.6 Å². The van der Waals surface area contributed by atoms with Crippen LogP contribution in [0.2, 0.25) is 5.02 Å². The van der Waals surface area contributed by atoms with Crippen LogP contribution in [-0.4, -0.2) is 28.0 Å². The summed E-state index contributed by atoms with van der Waals surface area (Å²) in [5.74, 6) is 2.23. The first-order chi connectivity index (χ1) is 10.5. The van der Waals surface area contributed by atoms with Crippen molar-refractivity contribution in [3.05, 3.63) is 39.9 Å². The largest absolute Gasteiger partial charge is 0.355 e. The van der Waals surface area contributed by atoms with Gasteiger partial charge >= 0.3 is 0 Å². The smallest absolute Gasteiger partial charge is 0.272 e. The summed E-state index contributed by atoms with van der Waals surface area (Å²) in [6.07, 6.45) is 4.54. The van der Waals surface area contributed by atoms with Gasteiger partial charge in [0.15, 0.2) is 5.82 Å². The second-order valence-electron chi connectivity index (χ2n) is 6.14. The normalized spacial score (nSPS) is 21.9. The van der Waals surface area contributed by atoms with Crippen LogP contribution in [0, 0.1) is 11.8 Å². The Hall–Kier alpha value is -1.88. The molecule has 1 fully saturated rings. The van der Waals surface area contributed by atoms with Crippen LogP contribution in [0.4, 0.5) is 5.82 Å². The van der Waals surface area contributed by atoms with Crippen molar-refractivity contribution in [2.75, 3.05) is 18.0 Å². The number of nitrogens with zero attached hydrogens (tertiary/aromatic N) is 3. The van der Waals surface area contributed by atoms with Crippen molar-refractivity contribution in [1.82, 2.24) is 15.0 Å². The van der Waals surface area contributed by atoms with E-state index in [1.807, 2.05) is 12.1 Å². The van der Waals surface area contributed by atoms with Crippen LogP contribution in [-0.2, 0) is 0 Å². The Labute approximate surface area is 134 Å². The number of nitrogens with one attached hydrogen (secondary N) is 1. The first-order valence-electron chi connectivity index (χ1n) is 7.49. The van der Waals surface area contributed by atoms with Gasteiger partial charge in [0.05, 0.1) is 0 Å². The van der Waals surface area contributed by atoms with Crippen LogP contribution in [0.5, 0.6) is 0 Å². The van der Waals surface area contributed by atoms with Gasteiger partial charge < -0.3 is 9.88 Å². The molecule has 3 heterocycles. The van der Waals surface area contributed by atoms with E-state index in [0.29, 0.717) is 23.5 Å². The van der Waals surface area contributed by atoms with Crippen molar-refractivity contribution in [3.8, 4) is 11.4 Å². The highest BCUT2D eigenvalue weighted by molar-refractivity contribution is 6.32. The zero-order valence-corrected chi connectivity index (χ0v) is 13.5. The summed E-state index contributed by atoms with van der Waals surface area (Å²) in [4.78, 5) is 25.6. The fourth-order valence-electron chi connectivity index (χ4n) is 3.14. The second kappa shape index (κ2) is 6.08. The zero-order valence-electron chi connectivity index (χ0n) is 12.7. The number of rotatable bonds is 2. The summed E-state index contributed by atoms with van der Waals surface area (Å²) in [7, 11) is 0. The van der Waals surface area contributed by atoms with Crippen molar-refractivity contribution in [2.45, 2.75) is 20.3 Å². The Balaban J connectivity index is 2.04. The number of H-pyrrole nitrogens is 1. The van der Waals surface area contributed by atoms with Gasteiger partial charge in [-0.1, -0.05) is 25.4 Å². The fourth-order valence-corrected chi connectivity index (χ4v) is 3.35. The van der Waals surface area contributed by atoms with Gasteiger partial charge in [-0.3, -0.25) is 9.78 Å². The standard InChI is InChI=1S/C16H19ClN4O/c1-10-7-11(2)9-21(8-10)15-13(17)16(22)20-14(19-15)12-3-5-18-6-4-12/h3-6,10-11H,7-9H2,1-2H3,(H,19,20,22). The van der Waals surface area contributed by atoms with Gasteiger partial charge in [0.2, 0.25) is 0 Å². The Bertz CT molecular complexity index is 706. The lowest BCUT2D eigenvalue weighted by atomic mass is 9.92. The maximum atomic E-state index is 12.2. The Morgan fingerprint density at radius 3 is 2.50 bits per heavy atom. The van der Waals surface area contributed by atoms with E-state index < -0.39 is 0 Å². The highest BCUT2D eigenvalue weighted by Crippen LogP contribution is 2.29. The number of pyridine rings is 1. The highest BCUT2D eigenvalue weighted by Gasteiger charge is 2.25. The van der Waals surface area contributed by atoms with Crippen molar-refractivity contribution in [2.24, 2.45) is 11.8 Å². The molecule has 3 rings (SSSR count). The molecule has 0 bridgehead atoms. The first kappa shape index (κ1) is 15.0. The minimum Gasteiger partial charge on any atom is -0.355 e. The van der Waals surface area contributed by atoms with E-state index in [-0.39, 0.29) is 10.6 Å². The van der Waals surface area contributed by atoms with Crippen LogP contribution in [0.1, 0.15) is 20.3 Å². The quantitative estimate of drug-likeness (QED) is 0.924. The number of hydrogen-bond acceptors (Lipinski definition) is 4. The lowest BCUT2D eigenvalue weighted by Crippen LogP contribution is -2.40. The van der Waals surface area contributed by atoms with Gasteiger partial charge in [-0.2, -0.15) is 0 Å². The van der Waals surface area contributed by atoms with Crippen molar-refractivity contribution in [3.63, 3.8) is 0 Å². The van der Waals surface area contributed by atoms with Gasteiger partial charge in [0.1, 0.15) is 10.8 Å². The molecular weight excluding hydrogens is 300 g/mol. The van der Waals surface area contributed by atoms with Crippen molar-refractivity contribution in [1.29, 1.82) is 0 Å². The molecule has 5 nitrogen and oxygen atoms in total. The van der Waals surface area contributed by atoms with E-state index in [0.717, 1.165) is 18.7 Å². The molecule has 0 amide bonds. The molecule has 0 radical (unpaired) electrons. The number of aromatic amines is 1. The summed E-state index contributed by atoms with van der Waals surface area (Å²) in [5.41, 5.74) is 0.521. The predicted molar refractivity (Wildman–Crippen MR) is 88.3 cm³/mol. The lowest BCUT2D eigenvalue weighted by Gasteiger charge is -2.36. The van der Waals surface area contributed by atoms with E-state index in [2.05, 4.69) is 33.7 Å². The van der Waals surface area contributed by atoms with Crippen LogP contribution in [0.25, 0.3) is 11.4 Å². The summed E-state index contributed by atoms with van der Waals surface area (Å²) >= 11 is 6.22. The summed E-state index contributed by atoms with van der Waals surface area (Å²) < 4.78 is 0. The SMILES string of the molecule is CC1CC(C)CN(c2nc(-c3ccncc3)[nH]c(=O)c2Cl)C1. The molecule has 0 aliphatic carbocycles. The Morgan fingerprint density at radius 2 is 1.86 bits per heavy atom. The third kappa shape index (κ3) is 2.99. The van der Waals surface area contributed by atoms with Gasteiger partial charge in [0, 0.05) is 31.0 Å². The maximum absolute atomic E-state index is 12.2. The average Bonchev–Trinajstić information content (AvgIpc) is 2.49. The third-order valence-corrected chi connectivity index (χ3v) is 4.31. The Kier molecular flexibility index (Phi) is 4.16. The fraction of sp³-hybridized carbons (Fsp3) is 0.438. The molecule has 116 valence electrons. The predicted octanol–water partition coefficient (Wildman–Crippen LogP) is 2.97. The number of aromatic nitrogens is 3. The molecule has 1 aliphatic rings. The lowest BCUT2D eigenvalue weighted by molar-refractivity contribution is 0.355. The van der Waals surface area contributed by atoms with Crippen LogP contribution in [0.15, 0.2) is 29.3 Å². The van der Waals surface area contributed by atoms with Crippen LogP contribution < -0.4 is 10.5 Å². The van der Waals surface area contributed by atoms with E-state index in [1.165, 1.54) is 6.42 Å². The molecule has 0 aromatic carbocycles. The van der Waals surface area contributed by atoms with Crippen LogP contribution in [0.3, 0.4) is 0 Å². The first-order valence-corrected chi connectivity index (χ1v) is 7.87. The number of hydrogen-bond donors (Lipinski definition) is 1. The summed E-state index contributed by atoms with van der Waals surface area (Å²) in [6, 6.07) is 3.63.